The first-order valence-electron chi connectivity index (χ1n) is 10.1. The van der Waals surface area contributed by atoms with Gasteiger partial charge in [-0.3, -0.25) is 4.79 Å². The van der Waals surface area contributed by atoms with Gasteiger partial charge in [-0.2, -0.15) is 13.2 Å². The van der Waals surface area contributed by atoms with E-state index in [0.29, 0.717) is 18.9 Å². The summed E-state index contributed by atoms with van der Waals surface area (Å²) < 4.78 is 40.2. The third-order valence-electron chi connectivity index (χ3n) is 6.07. The number of anilines is 1. The van der Waals surface area contributed by atoms with Crippen LogP contribution in [0.5, 0.6) is 0 Å². The fourth-order valence-corrected chi connectivity index (χ4v) is 4.38. The maximum Gasteiger partial charge on any atom is 0.471 e. The molecule has 8 heteroatoms. The van der Waals surface area contributed by atoms with Gasteiger partial charge < -0.3 is 14.8 Å². The number of aromatic amines is 1. The quantitative estimate of drug-likeness (QED) is 0.768. The van der Waals surface area contributed by atoms with Gasteiger partial charge in [0.1, 0.15) is 0 Å². The molecule has 5 rings (SSSR count). The van der Waals surface area contributed by atoms with Gasteiger partial charge in [-0.05, 0) is 47.6 Å². The Balaban J connectivity index is 1.63. The average Bonchev–Trinajstić information content (AvgIpc) is 3.40. The molecule has 1 aromatic heterocycles. The highest BCUT2D eigenvalue weighted by atomic mass is 19.4. The maximum absolute atomic E-state index is 13.4. The number of nitrogens with one attached hydrogen (secondary N) is 1. The summed E-state index contributed by atoms with van der Waals surface area (Å²) in [4.78, 5) is 22.5. The Kier molecular flexibility index (Phi) is 4.47. The van der Waals surface area contributed by atoms with E-state index in [0.717, 1.165) is 45.8 Å². The van der Waals surface area contributed by atoms with Gasteiger partial charge in [0, 0.05) is 31.4 Å². The standard InChI is InChI=1S/C22H21F3N4O/c23-22(24,25)21(30)28-11-18-17(14-7-8-14)5-2-6-19(18)29(10-16-9-26-13-27-16)20(12-28)15-3-1-4-15/h1-2,5-6,9,13-14,20H,3,7-8,10-12H2,(H,26,27). The molecule has 2 aliphatic carbocycles. The first kappa shape index (κ1) is 19.0. The summed E-state index contributed by atoms with van der Waals surface area (Å²) >= 11 is 0. The number of alkyl halides is 3. The molecule has 1 saturated carbocycles. The lowest BCUT2D eigenvalue weighted by molar-refractivity contribution is -0.186. The van der Waals surface area contributed by atoms with Crippen molar-refractivity contribution in [2.75, 3.05) is 11.4 Å². The largest absolute Gasteiger partial charge is 0.471 e. The van der Waals surface area contributed by atoms with Gasteiger partial charge in [0.25, 0.3) is 0 Å². The number of imidazole rings is 1. The van der Waals surface area contributed by atoms with Crippen molar-refractivity contribution in [3.63, 3.8) is 0 Å². The molecule has 1 N–H and O–H groups in total. The zero-order valence-corrected chi connectivity index (χ0v) is 16.2. The molecule has 156 valence electrons. The number of carbonyl (C=O) groups is 1. The summed E-state index contributed by atoms with van der Waals surface area (Å²) in [5.41, 5.74) is 7.68. The number of benzene rings is 1. The predicted molar refractivity (Wildman–Crippen MR) is 105 cm³/mol. The number of halogens is 3. The van der Waals surface area contributed by atoms with Gasteiger partial charge >= 0.3 is 12.1 Å². The number of aromatic nitrogens is 2. The molecule has 1 amide bonds. The van der Waals surface area contributed by atoms with Crippen molar-refractivity contribution in [3.8, 4) is 0 Å². The number of carbonyl (C=O) groups excluding carboxylic acids is 1. The van der Waals surface area contributed by atoms with Crippen LogP contribution in [0.1, 0.15) is 42.0 Å². The molecule has 3 aliphatic rings. The first-order chi connectivity index (χ1) is 14.4. The van der Waals surface area contributed by atoms with E-state index in [4.69, 9.17) is 0 Å². The zero-order chi connectivity index (χ0) is 20.9. The van der Waals surface area contributed by atoms with Crippen molar-refractivity contribution in [3.05, 3.63) is 64.9 Å². The highest BCUT2D eigenvalue weighted by molar-refractivity contribution is 5.82. The molecule has 1 unspecified atom stereocenters. The van der Waals surface area contributed by atoms with Gasteiger partial charge in [-0.1, -0.05) is 12.1 Å². The minimum Gasteiger partial charge on any atom is -0.356 e. The Hall–Kier alpha value is -2.99. The fourth-order valence-electron chi connectivity index (χ4n) is 4.38. The van der Waals surface area contributed by atoms with Crippen LogP contribution in [0.2, 0.25) is 0 Å². The number of nitrogens with zero attached hydrogens (tertiary/aromatic N) is 3. The van der Waals surface area contributed by atoms with E-state index in [-0.39, 0.29) is 19.1 Å². The molecule has 1 atom stereocenters. The summed E-state index contributed by atoms with van der Waals surface area (Å²) in [6.07, 6.45) is 2.99. The molecular formula is C22H21F3N4O. The third-order valence-corrected chi connectivity index (χ3v) is 6.07. The molecule has 0 radical (unpaired) electrons. The van der Waals surface area contributed by atoms with Gasteiger partial charge in [0.2, 0.25) is 0 Å². The van der Waals surface area contributed by atoms with Crippen molar-refractivity contribution >= 4 is 11.6 Å². The third kappa shape index (κ3) is 3.41. The summed E-state index contributed by atoms with van der Waals surface area (Å²) in [6, 6.07) is 5.54. The molecule has 2 heterocycles. The predicted octanol–water partition coefficient (Wildman–Crippen LogP) is 4.05. The van der Waals surface area contributed by atoms with Crippen LogP contribution in [0.25, 0.3) is 0 Å². The zero-order valence-electron chi connectivity index (χ0n) is 16.2. The van der Waals surface area contributed by atoms with E-state index in [1.54, 1.807) is 12.5 Å². The second-order valence-electron chi connectivity index (χ2n) is 8.10. The van der Waals surface area contributed by atoms with E-state index in [2.05, 4.69) is 20.6 Å². The Morgan fingerprint density at radius 3 is 2.70 bits per heavy atom. The van der Waals surface area contributed by atoms with E-state index < -0.39 is 12.1 Å². The van der Waals surface area contributed by atoms with Gasteiger partial charge in [-0.15, -0.1) is 5.73 Å². The number of amides is 1. The summed E-state index contributed by atoms with van der Waals surface area (Å²) in [5, 5.41) is 0. The molecule has 0 saturated heterocycles. The normalized spacial score (nSPS) is 21.0. The Morgan fingerprint density at radius 2 is 2.10 bits per heavy atom. The SMILES string of the molecule is O=C(N1Cc2c(C3CC3)cccc2N(Cc2cnc[nH]2)C(C2=C=CC2)C1)C(F)(F)F. The molecule has 0 spiro atoms. The number of hydrogen-bond donors (Lipinski definition) is 1. The van der Waals surface area contributed by atoms with Crippen LogP contribution in [0.3, 0.4) is 0 Å². The molecule has 1 aromatic carbocycles. The topological polar surface area (TPSA) is 52.2 Å². The van der Waals surface area contributed by atoms with Crippen LogP contribution in [0.15, 0.2) is 48.1 Å². The second kappa shape index (κ2) is 7.06. The first-order valence-corrected chi connectivity index (χ1v) is 10.1. The van der Waals surface area contributed by atoms with Crippen molar-refractivity contribution in [2.45, 2.75) is 50.5 Å². The lowest BCUT2D eigenvalue weighted by Gasteiger charge is -2.36. The maximum atomic E-state index is 13.4. The Labute approximate surface area is 171 Å². The van der Waals surface area contributed by atoms with Crippen molar-refractivity contribution in [1.29, 1.82) is 0 Å². The summed E-state index contributed by atoms with van der Waals surface area (Å²) in [5.74, 6) is -1.42. The molecule has 1 aliphatic heterocycles. The van der Waals surface area contributed by atoms with E-state index in [9.17, 15) is 18.0 Å². The Bertz CT molecular complexity index is 1030. The molecule has 2 aromatic rings. The highest BCUT2D eigenvalue weighted by Crippen LogP contribution is 2.46. The summed E-state index contributed by atoms with van der Waals surface area (Å²) in [6.45, 7) is 0.403. The molecular weight excluding hydrogens is 393 g/mol. The van der Waals surface area contributed by atoms with Gasteiger partial charge in [0.05, 0.1) is 24.6 Å². The lowest BCUT2D eigenvalue weighted by Crippen LogP contribution is -2.48. The van der Waals surface area contributed by atoms with Crippen LogP contribution >= 0.6 is 0 Å². The smallest absolute Gasteiger partial charge is 0.356 e. The number of H-pyrrole nitrogens is 1. The average molecular weight is 414 g/mol. The molecule has 0 bridgehead atoms. The fraction of sp³-hybridized carbons (Fsp3) is 0.409. The highest BCUT2D eigenvalue weighted by Gasteiger charge is 2.46. The Morgan fingerprint density at radius 1 is 1.30 bits per heavy atom. The minimum absolute atomic E-state index is 0.0263. The summed E-state index contributed by atoms with van der Waals surface area (Å²) in [7, 11) is 0. The number of hydrogen-bond acceptors (Lipinski definition) is 3. The van der Waals surface area contributed by atoms with Crippen LogP contribution in [0.4, 0.5) is 18.9 Å². The molecule has 5 nitrogen and oxygen atoms in total. The molecule has 1 fully saturated rings. The van der Waals surface area contributed by atoms with E-state index in [1.165, 1.54) is 0 Å². The van der Waals surface area contributed by atoms with Crippen LogP contribution < -0.4 is 4.90 Å². The number of fused-ring (bicyclic) bond motifs is 1. The number of rotatable bonds is 4. The van der Waals surface area contributed by atoms with Crippen LogP contribution in [-0.2, 0) is 17.9 Å². The van der Waals surface area contributed by atoms with Gasteiger partial charge in [0.15, 0.2) is 0 Å². The van der Waals surface area contributed by atoms with Crippen LogP contribution in [0, 0.1) is 0 Å². The second-order valence-corrected chi connectivity index (χ2v) is 8.10. The van der Waals surface area contributed by atoms with Crippen molar-refractivity contribution < 1.29 is 18.0 Å². The minimum atomic E-state index is -4.90. The van der Waals surface area contributed by atoms with Gasteiger partial charge in [-0.25, -0.2) is 4.98 Å². The molecule has 30 heavy (non-hydrogen) atoms. The van der Waals surface area contributed by atoms with Crippen molar-refractivity contribution in [1.82, 2.24) is 14.9 Å². The van der Waals surface area contributed by atoms with E-state index in [1.807, 2.05) is 24.3 Å². The van der Waals surface area contributed by atoms with Crippen molar-refractivity contribution in [2.24, 2.45) is 0 Å². The monoisotopic (exact) mass is 414 g/mol. The van der Waals surface area contributed by atoms with Crippen LogP contribution in [-0.4, -0.2) is 39.5 Å². The lowest BCUT2D eigenvalue weighted by atomic mass is 9.95. The van der Waals surface area contributed by atoms with E-state index >= 15 is 0 Å².